The number of rotatable bonds is 11. The van der Waals surface area contributed by atoms with Gasteiger partial charge in [0.1, 0.15) is 5.82 Å². The van der Waals surface area contributed by atoms with Crippen LogP contribution in [-0.4, -0.2) is 50.8 Å². The highest BCUT2D eigenvalue weighted by molar-refractivity contribution is 7.99. The van der Waals surface area contributed by atoms with E-state index < -0.39 is 0 Å². The second kappa shape index (κ2) is 11.2. The fraction of sp³-hybridized carbons (Fsp3) is 0.429. The van der Waals surface area contributed by atoms with Gasteiger partial charge < -0.3 is 10.6 Å². The Morgan fingerprint density at radius 3 is 2.73 bits per heavy atom. The quantitative estimate of drug-likeness (QED) is 0.337. The molecule has 2 aromatic heterocycles. The van der Waals surface area contributed by atoms with Gasteiger partial charge in [-0.15, -0.1) is 11.8 Å². The molecule has 0 bridgehead atoms. The lowest BCUT2D eigenvalue weighted by Crippen LogP contribution is -2.28. The number of thioether (sulfide) groups is 2. The zero-order valence-corrected chi connectivity index (χ0v) is 19.3. The molecule has 7 nitrogen and oxygen atoms in total. The molecule has 0 saturated heterocycles. The van der Waals surface area contributed by atoms with Crippen molar-refractivity contribution >= 4 is 46.3 Å². The molecule has 1 aromatic carbocycles. The molecule has 2 N–H and O–H groups in total. The van der Waals surface area contributed by atoms with Gasteiger partial charge in [-0.05, 0) is 31.2 Å². The predicted octanol–water partition coefficient (Wildman–Crippen LogP) is 4.30. The smallest absolute Gasteiger partial charge is 0.252 e. The van der Waals surface area contributed by atoms with Crippen molar-refractivity contribution in [3.05, 3.63) is 36.0 Å². The number of nitrogens with one attached hydrogen (secondary N) is 2. The Morgan fingerprint density at radius 1 is 1.13 bits per heavy atom. The fourth-order valence-corrected chi connectivity index (χ4v) is 4.23. The number of amides is 1. The number of aromatic nitrogens is 4. The van der Waals surface area contributed by atoms with Crippen LogP contribution in [0, 0.1) is 0 Å². The van der Waals surface area contributed by atoms with E-state index in [1.165, 1.54) is 0 Å². The van der Waals surface area contributed by atoms with Gasteiger partial charge in [0.15, 0.2) is 10.8 Å². The molecule has 0 aliphatic heterocycles. The number of carbonyl (C=O) groups excluding carboxylic acids is 1. The Kier molecular flexibility index (Phi) is 8.39. The average Bonchev–Trinajstić information content (AvgIpc) is 3.18. The van der Waals surface area contributed by atoms with E-state index in [0.717, 1.165) is 52.0 Å². The molecular formula is C21H28N6OS2. The first-order valence-electron chi connectivity index (χ1n) is 10.2. The summed E-state index contributed by atoms with van der Waals surface area (Å²) in [6, 6.07) is 7.63. The summed E-state index contributed by atoms with van der Waals surface area (Å²) in [7, 11) is 0. The first-order valence-corrected chi connectivity index (χ1v) is 12.4. The van der Waals surface area contributed by atoms with Crippen molar-refractivity contribution in [3.63, 3.8) is 0 Å². The van der Waals surface area contributed by atoms with E-state index in [1.807, 2.05) is 35.2 Å². The lowest BCUT2D eigenvalue weighted by atomic mass is 10.2. The number of nitrogens with zero attached hydrogens (tertiary/aromatic N) is 4. The molecule has 9 heteroatoms. The van der Waals surface area contributed by atoms with E-state index in [-0.39, 0.29) is 5.91 Å². The third kappa shape index (κ3) is 5.46. The molecule has 0 radical (unpaired) electrons. The second-order valence-electron chi connectivity index (χ2n) is 6.69. The van der Waals surface area contributed by atoms with Crippen molar-refractivity contribution in [1.29, 1.82) is 0 Å². The third-order valence-electron chi connectivity index (χ3n) is 4.41. The summed E-state index contributed by atoms with van der Waals surface area (Å²) in [5, 5.41) is 12.5. The van der Waals surface area contributed by atoms with Gasteiger partial charge in [0.25, 0.3) is 5.91 Å². The molecule has 1 amide bonds. The Balaban J connectivity index is 1.74. The molecule has 0 atom stereocenters. The van der Waals surface area contributed by atoms with Crippen LogP contribution in [0.15, 0.2) is 40.5 Å². The number of benzene rings is 1. The van der Waals surface area contributed by atoms with Crippen molar-refractivity contribution in [2.24, 2.45) is 0 Å². The Bertz CT molecular complexity index is 991. The standard InChI is InChI=1S/C21H28N6OS2/c1-4-10-22-18-16-14-24-27(19(16)26-21(25-18)30-13-5-2)12-11-23-20(28)15-8-6-7-9-17(15)29-3/h6-9,14H,4-5,10-13H2,1-3H3,(H,23,28)(H,22,25,26). The zero-order chi connectivity index (χ0) is 21.3. The number of anilines is 1. The van der Waals surface area contributed by atoms with Crippen molar-refractivity contribution in [1.82, 2.24) is 25.1 Å². The zero-order valence-electron chi connectivity index (χ0n) is 17.6. The summed E-state index contributed by atoms with van der Waals surface area (Å²) >= 11 is 3.22. The molecular weight excluding hydrogens is 416 g/mol. The lowest BCUT2D eigenvalue weighted by Gasteiger charge is -2.10. The SMILES string of the molecule is CCCNc1nc(SCCC)nc2c1cnn2CCNC(=O)c1ccccc1SC. The first-order chi connectivity index (χ1) is 14.7. The predicted molar refractivity (Wildman–Crippen MR) is 126 cm³/mol. The number of carbonyl (C=O) groups is 1. The molecule has 2 heterocycles. The molecule has 3 rings (SSSR count). The van der Waals surface area contributed by atoms with Gasteiger partial charge in [-0.25, -0.2) is 14.6 Å². The average molecular weight is 445 g/mol. The van der Waals surface area contributed by atoms with Crippen LogP contribution in [0.3, 0.4) is 0 Å². The molecule has 3 aromatic rings. The molecule has 0 spiro atoms. The highest BCUT2D eigenvalue weighted by atomic mass is 32.2. The van der Waals surface area contributed by atoms with Crippen LogP contribution in [0.5, 0.6) is 0 Å². The molecule has 0 aliphatic carbocycles. The second-order valence-corrected chi connectivity index (χ2v) is 8.60. The number of hydrogen-bond donors (Lipinski definition) is 2. The fourth-order valence-electron chi connectivity index (χ4n) is 2.94. The highest BCUT2D eigenvalue weighted by Gasteiger charge is 2.14. The summed E-state index contributed by atoms with van der Waals surface area (Å²) in [5.41, 5.74) is 1.49. The summed E-state index contributed by atoms with van der Waals surface area (Å²) in [4.78, 5) is 22.9. The molecule has 0 aliphatic rings. The van der Waals surface area contributed by atoms with E-state index in [0.29, 0.717) is 18.7 Å². The maximum absolute atomic E-state index is 12.6. The van der Waals surface area contributed by atoms with E-state index in [4.69, 9.17) is 4.98 Å². The largest absolute Gasteiger partial charge is 0.369 e. The molecule has 160 valence electrons. The van der Waals surface area contributed by atoms with Gasteiger partial charge >= 0.3 is 0 Å². The van der Waals surface area contributed by atoms with E-state index in [2.05, 4.69) is 34.6 Å². The third-order valence-corrected chi connectivity index (χ3v) is 6.26. The van der Waals surface area contributed by atoms with Crippen LogP contribution in [0.4, 0.5) is 5.82 Å². The van der Waals surface area contributed by atoms with Crippen LogP contribution in [0.2, 0.25) is 0 Å². The summed E-state index contributed by atoms with van der Waals surface area (Å²) in [5.74, 6) is 1.72. The van der Waals surface area contributed by atoms with E-state index in [9.17, 15) is 4.79 Å². The molecule has 0 fully saturated rings. The molecule has 0 unspecified atom stereocenters. The van der Waals surface area contributed by atoms with Gasteiger partial charge in [0, 0.05) is 23.7 Å². The van der Waals surface area contributed by atoms with Gasteiger partial charge in [0.05, 0.1) is 23.7 Å². The van der Waals surface area contributed by atoms with Gasteiger partial charge in [0.2, 0.25) is 0 Å². The summed E-state index contributed by atoms with van der Waals surface area (Å²) in [6.07, 6.45) is 5.85. The maximum atomic E-state index is 12.6. The van der Waals surface area contributed by atoms with Crippen LogP contribution in [0.25, 0.3) is 11.0 Å². The van der Waals surface area contributed by atoms with Crippen LogP contribution >= 0.6 is 23.5 Å². The Hall–Kier alpha value is -2.26. The minimum atomic E-state index is -0.0736. The minimum Gasteiger partial charge on any atom is -0.369 e. The van der Waals surface area contributed by atoms with Crippen molar-refractivity contribution in [2.75, 3.05) is 30.4 Å². The molecule has 0 saturated carbocycles. The Labute approximate surface area is 185 Å². The maximum Gasteiger partial charge on any atom is 0.252 e. The summed E-state index contributed by atoms with van der Waals surface area (Å²) < 4.78 is 1.84. The number of hydrogen-bond acceptors (Lipinski definition) is 7. The minimum absolute atomic E-state index is 0.0736. The topological polar surface area (TPSA) is 84.7 Å². The first kappa shape index (κ1) is 22.4. The van der Waals surface area contributed by atoms with Crippen LogP contribution in [0.1, 0.15) is 37.0 Å². The van der Waals surface area contributed by atoms with E-state index in [1.54, 1.807) is 29.7 Å². The van der Waals surface area contributed by atoms with Crippen molar-refractivity contribution in [2.45, 2.75) is 43.3 Å². The van der Waals surface area contributed by atoms with E-state index >= 15 is 0 Å². The van der Waals surface area contributed by atoms with Gasteiger partial charge in [-0.3, -0.25) is 4.79 Å². The Morgan fingerprint density at radius 2 is 1.97 bits per heavy atom. The molecule has 30 heavy (non-hydrogen) atoms. The van der Waals surface area contributed by atoms with Crippen molar-refractivity contribution < 1.29 is 4.79 Å². The summed E-state index contributed by atoms with van der Waals surface area (Å²) in [6.45, 7) is 6.12. The monoisotopic (exact) mass is 444 g/mol. The van der Waals surface area contributed by atoms with Gasteiger partial charge in [-0.2, -0.15) is 5.10 Å². The lowest BCUT2D eigenvalue weighted by molar-refractivity contribution is 0.0949. The normalized spacial score (nSPS) is 11.0. The highest BCUT2D eigenvalue weighted by Crippen LogP contribution is 2.25. The van der Waals surface area contributed by atoms with Crippen molar-refractivity contribution in [3.8, 4) is 0 Å². The van der Waals surface area contributed by atoms with Crippen LogP contribution < -0.4 is 10.6 Å². The van der Waals surface area contributed by atoms with Crippen LogP contribution in [-0.2, 0) is 6.54 Å². The van der Waals surface area contributed by atoms with Gasteiger partial charge in [-0.1, -0.05) is 37.7 Å². The number of fused-ring (bicyclic) bond motifs is 1.